The summed E-state index contributed by atoms with van der Waals surface area (Å²) in [6, 6.07) is 16.4. The summed E-state index contributed by atoms with van der Waals surface area (Å²) in [6.07, 6.45) is 1.58. The van der Waals surface area contributed by atoms with Crippen LogP contribution in [0.3, 0.4) is 0 Å². The van der Waals surface area contributed by atoms with E-state index in [-0.39, 0.29) is 5.57 Å². The summed E-state index contributed by atoms with van der Waals surface area (Å²) in [7, 11) is 3.09. The zero-order valence-corrected chi connectivity index (χ0v) is 18.4. The van der Waals surface area contributed by atoms with Gasteiger partial charge >= 0.3 is 0 Å². The summed E-state index contributed by atoms with van der Waals surface area (Å²) in [5.74, 6) is 0.597. The molecular weight excluding hydrogens is 414 g/mol. The third-order valence-electron chi connectivity index (χ3n) is 4.88. The number of ether oxygens (including phenoxy) is 2. The maximum Gasteiger partial charge on any atom is 0.266 e. The first-order valence-corrected chi connectivity index (χ1v) is 9.86. The number of hydrogen-bond acceptors (Lipinski definition) is 4. The minimum Gasteiger partial charge on any atom is -0.495 e. The molecule has 6 nitrogen and oxygen atoms in total. The van der Waals surface area contributed by atoms with E-state index in [1.807, 2.05) is 42.7 Å². The Bertz CT molecular complexity index is 1210. The molecule has 0 spiro atoms. The number of benzene rings is 2. The van der Waals surface area contributed by atoms with Crippen molar-refractivity contribution >= 4 is 29.3 Å². The molecule has 0 aliphatic rings. The lowest BCUT2D eigenvalue weighted by molar-refractivity contribution is -0.112. The van der Waals surface area contributed by atoms with E-state index in [0.717, 1.165) is 22.6 Å². The highest BCUT2D eigenvalue weighted by Gasteiger charge is 2.16. The largest absolute Gasteiger partial charge is 0.495 e. The summed E-state index contributed by atoms with van der Waals surface area (Å²) in [6.45, 7) is 3.87. The second-order valence-corrected chi connectivity index (χ2v) is 7.21. The molecule has 1 amide bonds. The second kappa shape index (κ2) is 9.41. The van der Waals surface area contributed by atoms with E-state index in [1.165, 1.54) is 7.11 Å². The Morgan fingerprint density at radius 3 is 2.45 bits per heavy atom. The normalized spacial score (nSPS) is 11.0. The molecule has 7 heteroatoms. The third-order valence-corrected chi connectivity index (χ3v) is 5.18. The summed E-state index contributed by atoms with van der Waals surface area (Å²) in [5.41, 5.74) is 3.91. The number of carbonyl (C=O) groups is 1. The average Bonchev–Trinajstić information content (AvgIpc) is 3.04. The second-order valence-electron chi connectivity index (χ2n) is 6.80. The summed E-state index contributed by atoms with van der Waals surface area (Å²) in [5, 5.41) is 12.8. The number of methoxy groups -OCH3 is 2. The molecule has 1 N–H and O–H groups in total. The fourth-order valence-corrected chi connectivity index (χ4v) is 3.62. The van der Waals surface area contributed by atoms with Crippen LogP contribution in [0.25, 0.3) is 11.8 Å². The van der Waals surface area contributed by atoms with E-state index in [9.17, 15) is 10.1 Å². The Labute approximate surface area is 186 Å². The Kier molecular flexibility index (Phi) is 6.68. The van der Waals surface area contributed by atoms with Crippen LogP contribution < -0.4 is 14.8 Å². The predicted molar refractivity (Wildman–Crippen MR) is 122 cm³/mol. The van der Waals surface area contributed by atoms with Crippen molar-refractivity contribution in [3.05, 3.63) is 76.1 Å². The molecule has 0 radical (unpaired) electrons. The standard InChI is InChI=1S/C24H22ClN3O3/c1-15-11-17(16(2)28(15)19-9-10-22(30-3)20(25)13-19)12-18(14-26)24(29)27-21-7-5-6-8-23(21)31-4/h5-13H,1-4H3,(H,27,29)/b18-12+. The molecule has 2 aromatic carbocycles. The lowest BCUT2D eigenvalue weighted by Gasteiger charge is -2.12. The molecule has 0 unspecified atom stereocenters. The predicted octanol–water partition coefficient (Wildman–Crippen LogP) is 5.31. The molecular formula is C24H22ClN3O3. The lowest BCUT2D eigenvalue weighted by Crippen LogP contribution is -2.14. The first kappa shape index (κ1) is 22.0. The number of amides is 1. The molecule has 1 heterocycles. The van der Waals surface area contributed by atoms with Crippen LogP contribution in [0, 0.1) is 25.2 Å². The van der Waals surface area contributed by atoms with Gasteiger partial charge in [0.1, 0.15) is 23.1 Å². The van der Waals surface area contributed by atoms with Gasteiger partial charge in [0.15, 0.2) is 0 Å². The molecule has 0 saturated carbocycles. The Morgan fingerprint density at radius 1 is 1.10 bits per heavy atom. The van der Waals surface area contributed by atoms with Crippen LogP contribution in [0.1, 0.15) is 17.0 Å². The van der Waals surface area contributed by atoms with Crippen molar-refractivity contribution in [2.45, 2.75) is 13.8 Å². The van der Waals surface area contributed by atoms with Crippen LogP contribution in [0.5, 0.6) is 11.5 Å². The van der Waals surface area contributed by atoms with Crippen molar-refractivity contribution in [1.82, 2.24) is 4.57 Å². The highest BCUT2D eigenvalue weighted by atomic mass is 35.5. The van der Waals surface area contributed by atoms with Gasteiger partial charge in [0, 0.05) is 17.1 Å². The van der Waals surface area contributed by atoms with Crippen molar-refractivity contribution in [1.29, 1.82) is 5.26 Å². The highest BCUT2D eigenvalue weighted by Crippen LogP contribution is 2.30. The molecule has 0 aliphatic heterocycles. The molecule has 0 fully saturated rings. The number of anilines is 1. The monoisotopic (exact) mass is 435 g/mol. The van der Waals surface area contributed by atoms with Gasteiger partial charge in [0.25, 0.3) is 5.91 Å². The van der Waals surface area contributed by atoms with Crippen molar-refractivity contribution in [2.24, 2.45) is 0 Å². The van der Waals surface area contributed by atoms with Gasteiger partial charge in [0.05, 0.1) is 24.9 Å². The number of hydrogen-bond donors (Lipinski definition) is 1. The van der Waals surface area contributed by atoms with Gasteiger partial charge < -0.3 is 19.4 Å². The fraction of sp³-hybridized carbons (Fsp3) is 0.167. The lowest BCUT2D eigenvalue weighted by atomic mass is 10.1. The van der Waals surface area contributed by atoms with E-state index in [2.05, 4.69) is 5.32 Å². The van der Waals surface area contributed by atoms with Crippen LogP contribution in [-0.4, -0.2) is 24.7 Å². The number of halogens is 1. The smallest absolute Gasteiger partial charge is 0.266 e. The molecule has 1 aromatic heterocycles. The van der Waals surface area contributed by atoms with Gasteiger partial charge in [-0.25, -0.2) is 0 Å². The van der Waals surface area contributed by atoms with E-state index < -0.39 is 5.91 Å². The van der Waals surface area contributed by atoms with E-state index in [0.29, 0.717) is 22.2 Å². The molecule has 0 saturated heterocycles. The van der Waals surface area contributed by atoms with Crippen LogP contribution in [0.15, 0.2) is 54.1 Å². The molecule has 3 aromatic rings. The number of para-hydroxylation sites is 2. The number of aryl methyl sites for hydroxylation is 1. The number of nitriles is 1. The van der Waals surface area contributed by atoms with Crippen LogP contribution in [-0.2, 0) is 4.79 Å². The van der Waals surface area contributed by atoms with Gasteiger partial charge in [-0.05, 0) is 61.9 Å². The number of rotatable bonds is 6. The van der Waals surface area contributed by atoms with E-state index >= 15 is 0 Å². The van der Waals surface area contributed by atoms with Crippen LogP contribution in [0.4, 0.5) is 5.69 Å². The zero-order valence-electron chi connectivity index (χ0n) is 17.7. The number of nitrogens with zero attached hydrogens (tertiary/aromatic N) is 2. The molecule has 0 bridgehead atoms. The van der Waals surface area contributed by atoms with Gasteiger partial charge in [-0.1, -0.05) is 23.7 Å². The number of aromatic nitrogens is 1. The van der Waals surface area contributed by atoms with Crippen molar-refractivity contribution in [3.8, 4) is 23.3 Å². The van der Waals surface area contributed by atoms with Gasteiger partial charge in [-0.3, -0.25) is 4.79 Å². The fourth-order valence-electron chi connectivity index (χ4n) is 3.37. The maximum absolute atomic E-state index is 12.7. The first-order chi connectivity index (χ1) is 14.9. The summed E-state index contributed by atoms with van der Waals surface area (Å²) < 4.78 is 12.5. The molecule has 31 heavy (non-hydrogen) atoms. The van der Waals surface area contributed by atoms with Gasteiger partial charge in [-0.2, -0.15) is 5.26 Å². The van der Waals surface area contributed by atoms with Crippen molar-refractivity contribution < 1.29 is 14.3 Å². The molecule has 0 aliphatic carbocycles. The van der Waals surface area contributed by atoms with E-state index in [1.54, 1.807) is 43.5 Å². The number of nitrogens with one attached hydrogen (secondary N) is 1. The molecule has 0 atom stereocenters. The summed E-state index contributed by atoms with van der Waals surface area (Å²) in [4.78, 5) is 12.7. The topological polar surface area (TPSA) is 76.3 Å². The van der Waals surface area contributed by atoms with Gasteiger partial charge in [0.2, 0.25) is 0 Å². The molecule has 3 rings (SSSR count). The third kappa shape index (κ3) is 4.57. The minimum absolute atomic E-state index is 0.0149. The quantitative estimate of drug-likeness (QED) is 0.420. The number of carbonyl (C=O) groups excluding carboxylic acids is 1. The van der Waals surface area contributed by atoms with Crippen LogP contribution >= 0.6 is 11.6 Å². The Hall–Kier alpha value is -3.69. The highest BCUT2D eigenvalue weighted by molar-refractivity contribution is 6.32. The SMILES string of the molecule is COc1ccc(-n2c(C)cc(/C=C(\C#N)C(=O)Nc3ccccc3OC)c2C)cc1Cl. The minimum atomic E-state index is -0.510. The van der Waals surface area contributed by atoms with E-state index in [4.69, 9.17) is 21.1 Å². The van der Waals surface area contributed by atoms with Crippen molar-refractivity contribution in [2.75, 3.05) is 19.5 Å². The first-order valence-electron chi connectivity index (χ1n) is 9.48. The summed E-state index contributed by atoms with van der Waals surface area (Å²) >= 11 is 6.28. The zero-order chi connectivity index (χ0) is 22.5. The maximum atomic E-state index is 12.7. The Morgan fingerprint density at radius 2 is 1.81 bits per heavy atom. The molecule has 158 valence electrons. The van der Waals surface area contributed by atoms with Gasteiger partial charge in [-0.15, -0.1) is 0 Å². The van der Waals surface area contributed by atoms with Crippen molar-refractivity contribution in [3.63, 3.8) is 0 Å². The Balaban J connectivity index is 1.95. The van der Waals surface area contributed by atoms with Crippen LogP contribution in [0.2, 0.25) is 5.02 Å². The average molecular weight is 436 g/mol.